The van der Waals surface area contributed by atoms with Crippen LogP contribution in [0.5, 0.6) is 11.6 Å². The van der Waals surface area contributed by atoms with Crippen molar-refractivity contribution in [1.29, 1.82) is 0 Å². The van der Waals surface area contributed by atoms with Crippen LogP contribution in [0.1, 0.15) is 69.8 Å². The van der Waals surface area contributed by atoms with Crippen LogP contribution in [0.2, 0.25) is 0 Å². The lowest BCUT2D eigenvalue weighted by Gasteiger charge is -2.30. The number of aryl methyl sites for hydroxylation is 1. The molecule has 0 radical (unpaired) electrons. The van der Waals surface area contributed by atoms with Gasteiger partial charge in [0.15, 0.2) is 0 Å². The smallest absolute Gasteiger partial charge is 0.272 e. The number of pyridine rings is 1. The normalized spacial score (nSPS) is 26.1. The van der Waals surface area contributed by atoms with Gasteiger partial charge in [0.1, 0.15) is 35.2 Å². The van der Waals surface area contributed by atoms with Gasteiger partial charge in [0.25, 0.3) is 11.8 Å². The minimum atomic E-state index is -3.97. The number of amides is 4. The number of hydrogen-bond donors (Lipinski definition) is 3. The molecule has 4 amide bonds. The Morgan fingerprint density at radius 1 is 1.18 bits per heavy atom. The van der Waals surface area contributed by atoms with Gasteiger partial charge in [-0.1, -0.05) is 12.2 Å². The van der Waals surface area contributed by atoms with Gasteiger partial charge in [-0.05, 0) is 70.9 Å². The highest BCUT2D eigenvalue weighted by Gasteiger charge is 2.63. The van der Waals surface area contributed by atoms with Crippen molar-refractivity contribution in [2.75, 3.05) is 13.2 Å². The van der Waals surface area contributed by atoms with Gasteiger partial charge in [0.05, 0.1) is 17.9 Å². The van der Waals surface area contributed by atoms with E-state index in [0.717, 1.165) is 12.8 Å². The molecule has 0 aromatic carbocycles. The molecule has 6 rings (SSSR count). The Balaban J connectivity index is 1.25. The monoisotopic (exact) mass is 697 g/mol. The summed E-state index contributed by atoms with van der Waals surface area (Å²) in [7, 11) is -2.28. The Kier molecular flexibility index (Phi) is 9.19. The standard InChI is InChI=1S/C33H43N7O8S/c1-5-7-21-18-33(21,31(44)38-49(45,46)32(3)12-13-32)36-29(42)25-16-23(48-22-10-14-34-26(17-22)47-6-2)19-40(25)30(43)27(20-8-9-20)35-28(41)24-11-15-39(4)37-24/h5,7,10-11,14-15,17,20-21,23,25,27H,6,8-9,12-13,16,18-19H2,1-4H3,(H,35,41)(H,36,42)(H,38,44)/b7-5-/t21-,23-,25?,27+,33-/m1/s1. The molecule has 2 aromatic heterocycles. The van der Waals surface area contributed by atoms with Crippen molar-refractivity contribution in [3.8, 4) is 11.6 Å². The topological polar surface area (TPSA) is 191 Å². The van der Waals surface area contributed by atoms with Gasteiger partial charge in [-0.15, -0.1) is 0 Å². The number of carbonyl (C=O) groups excluding carboxylic acids is 4. The summed E-state index contributed by atoms with van der Waals surface area (Å²) < 4.78 is 40.4. The fourth-order valence-electron chi connectivity index (χ4n) is 6.30. The Hall–Kier alpha value is -4.47. The molecule has 4 aliphatic rings. The highest BCUT2D eigenvalue weighted by atomic mass is 32.2. The number of nitrogens with zero attached hydrogens (tertiary/aromatic N) is 4. The number of allylic oxidation sites excluding steroid dienone is 1. The van der Waals surface area contributed by atoms with Crippen molar-refractivity contribution in [2.24, 2.45) is 18.9 Å². The summed E-state index contributed by atoms with van der Waals surface area (Å²) >= 11 is 0. The lowest BCUT2D eigenvalue weighted by atomic mass is 10.1. The number of aromatic nitrogens is 3. The largest absolute Gasteiger partial charge is 0.488 e. The van der Waals surface area contributed by atoms with E-state index in [9.17, 15) is 27.6 Å². The van der Waals surface area contributed by atoms with Gasteiger partial charge in [0, 0.05) is 37.8 Å². The van der Waals surface area contributed by atoms with Crippen LogP contribution in [0.4, 0.5) is 0 Å². The molecular weight excluding hydrogens is 654 g/mol. The third-order valence-electron chi connectivity index (χ3n) is 9.76. The van der Waals surface area contributed by atoms with Crippen molar-refractivity contribution in [3.05, 3.63) is 48.4 Å². The minimum Gasteiger partial charge on any atom is -0.488 e. The molecule has 2 aromatic rings. The van der Waals surface area contributed by atoms with Gasteiger partial charge in [-0.2, -0.15) is 5.10 Å². The third-order valence-corrected chi connectivity index (χ3v) is 11.9. The fourth-order valence-corrected chi connectivity index (χ4v) is 7.61. The van der Waals surface area contributed by atoms with Crippen molar-refractivity contribution in [1.82, 2.24) is 35.0 Å². The summed E-state index contributed by atoms with van der Waals surface area (Å²) in [5.41, 5.74) is -1.34. The van der Waals surface area contributed by atoms with Crippen LogP contribution in [0.15, 0.2) is 42.7 Å². The van der Waals surface area contributed by atoms with Crippen LogP contribution in [0, 0.1) is 11.8 Å². The number of carbonyl (C=O) groups is 4. The van der Waals surface area contributed by atoms with Gasteiger partial charge in [0.2, 0.25) is 27.7 Å². The maximum absolute atomic E-state index is 14.3. The van der Waals surface area contributed by atoms with Gasteiger partial charge in [-0.3, -0.25) is 28.6 Å². The fraction of sp³-hybridized carbons (Fsp3) is 0.576. The van der Waals surface area contributed by atoms with E-state index < -0.39 is 68.0 Å². The highest BCUT2D eigenvalue weighted by molar-refractivity contribution is 7.91. The first kappa shape index (κ1) is 34.4. The zero-order valence-corrected chi connectivity index (χ0v) is 28.9. The molecule has 0 bridgehead atoms. The lowest BCUT2D eigenvalue weighted by molar-refractivity contribution is -0.141. The molecular formula is C33H43N7O8S. The maximum Gasteiger partial charge on any atom is 0.272 e. The maximum atomic E-state index is 14.3. The number of nitrogens with one attached hydrogen (secondary N) is 3. The quantitative estimate of drug-likeness (QED) is 0.242. The van der Waals surface area contributed by atoms with E-state index in [-0.39, 0.29) is 31.0 Å². The van der Waals surface area contributed by atoms with E-state index in [1.165, 1.54) is 15.8 Å². The average Bonchev–Trinajstić information content (AvgIpc) is 4.01. The Labute approximate surface area is 285 Å². The van der Waals surface area contributed by atoms with Crippen molar-refractivity contribution in [2.45, 2.75) is 87.8 Å². The molecule has 1 saturated heterocycles. The molecule has 3 saturated carbocycles. The minimum absolute atomic E-state index is 0.0239. The first-order chi connectivity index (χ1) is 23.3. The molecule has 15 nitrogen and oxygen atoms in total. The Bertz CT molecular complexity index is 1770. The van der Waals surface area contributed by atoms with E-state index in [4.69, 9.17) is 9.47 Å². The predicted molar refractivity (Wildman–Crippen MR) is 176 cm³/mol. The summed E-state index contributed by atoms with van der Waals surface area (Å²) in [5.74, 6) is -2.15. The molecule has 1 unspecified atom stereocenters. The molecule has 264 valence electrons. The molecule has 49 heavy (non-hydrogen) atoms. The van der Waals surface area contributed by atoms with Crippen molar-refractivity contribution >= 4 is 33.7 Å². The van der Waals surface area contributed by atoms with E-state index in [0.29, 0.717) is 31.1 Å². The highest BCUT2D eigenvalue weighted by Crippen LogP contribution is 2.47. The summed E-state index contributed by atoms with van der Waals surface area (Å²) in [6.45, 7) is 5.61. The SMILES string of the molecule is C/C=C\[C@@H]1C[C@]1(NC(=O)C1C[C@@H](Oc2ccnc(OCC)c2)CN1C(=O)[C@@H](NC(=O)c1ccn(C)n1)C1CC1)C(=O)NS(=O)(=O)C1(C)CC1. The average molecular weight is 698 g/mol. The second kappa shape index (κ2) is 13.1. The van der Waals surface area contributed by atoms with E-state index in [1.807, 2.05) is 6.92 Å². The Morgan fingerprint density at radius 3 is 2.57 bits per heavy atom. The van der Waals surface area contributed by atoms with Gasteiger partial charge >= 0.3 is 0 Å². The van der Waals surface area contributed by atoms with Crippen LogP contribution in [-0.2, 0) is 31.5 Å². The number of rotatable bonds is 14. The molecule has 16 heteroatoms. The van der Waals surface area contributed by atoms with E-state index >= 15 is 0 Å². The van der Waals surface area contributed by atoms with E-state index in [2.05, 4.69) is 25.4 Å². The zero-order chi connectivity index (χ0) is 35.1. The third kappa shape index (κ3) is 7.14. The van der Waals surface area contributed by atoms with E-state index in [1.54, 1.807) is 57.4 Å². The molecule has 3 heterocycles. The summed E-state index contributed by atoms with van der Waals surface area (Å²) in [5, 5.41) is 9.82. The second-order valence-corrected chi connectivity index (χ2v) is 15.8. The summed E-state index contributed by atoms with van der Waals surface area (Å²) in [4.78, 5) is 60.7. The predicted octanol–water partition coefficient (Wildman–Crippen LogP) is 1.22. The van der Waals surface area contributed by atoms with Crippen LogP contribution < -0.4 is 24.8 Å². The lowest BCUT2D eigenvalue weighted by Crippen LogP contribution is -2.59. The van der Waals surface area contributed by atoms with Crippen LogP contribution >= 0.6 is 0 Å². The Morgan fingerprint density at radius 2 is 1.94 bits per heavy atom. The molecule has 1 aliphatic heterocycles. The second-order valence-electron chi connectivity index (χ2n) is 13.6. The number of hydrogen-bond acceptors (Lipinski definition) is 10. The van der Waals surface area contributed by atoms with Crippen molar-refractivity contribution in [3.63, 3.8) is 0 Å². The number of likely N-dealkylation sites (tertiary alicyclic amines) is 1. The van der Waals surface area contributed by atoms with Crippen LogP contribution in [0.3, 0.4) is 0 Å². The van der Waals surface area contributed by atoms with Crippen molar-refractivity contribution < 1.29 is 37.1 Å². The number of ether oxygens (including phenoxy) is 2. The molecule has 0 spiro atoms. The number of sulfonamides is 1. The van der Waals surface area contributed by atoms with Crippen LogP contribution in [-0.4, -0.2) is 93.3 Å². The van der Waals surface area contributed by atoms with Gasteiger partial charge in [-0.25, -0.2) is 13.4 Å². The van der Waals surface area contributed by atoms with Crippen LogP contribution in [0.25, 0.3) is 0 Å². The molecule has 3 aliphatic carbocycles. The zero-order valence-electron chi connectivity index (χ0n) is 28.0. The summed E-state index contributed by atoms with van der Waals surface area (Å²) in [6, 6.07) is 2.83. The first-order valence-corrected chi connectivity index (χ1v) is 18.2. The van der Waals surface area contributed by atoms with Gasteiger partial charge < -0.3 is 25.0 Å². The first-order valence-electron chi connectivity index (χ1n) is 16.7. The molecule has 4 fully saturated rings. The molecule has 3 N–H and O–H groups in total. The summed E-state index contributed by atoms with van der Waals surface area (Å²) in [6.07, 6.45) is 8.64. The molecule has 5 atom stereocenters.